The van der Waals surface area contributed by atoms with Crippen molar-refractivity contribution >= 4 is 40.5 Å². The molecule has 1 N–H and O–H groups in total. The van der Waals surface area contributed by atoms with Crippen LogP contribution in [-0.2, 0) is 17.6 Å². The van der Waals surface area contributed by atoms with Gasteiger partial charge in [-0.3, -0.25) is 0 Å². The van der Waals surface area contributed by atoms with Crippen LogP contribution in [-0.4, -0.2) is 11.1 Å². The van der Waals surface area contributed by atoms with Crippen molar-refractivity contribution in [3.63, 3.8) is 0 Å². The zero-order valence-corrected chi connectivity index (χ0v) is 29.0. The maximum absolute atomic E-state index is 11.4. The Morgan fingerprint density at radius 1 is 0.585 bits per heavy atom. The number of hydrogen-bond donors (Lipinski definition) is 1. The SMILES string of the molecule is N#C/C(=C\c1ccc(N(C2=CCCC=C2)c2ccc3c(c2)Cc2cc4c(cc2-3)Cc2cc(N(c3ccccc3)c3ccccc3)ccc2-4)cc1)C(=O)O. The number of carboxylic acid groups (broad SMARTS) is 1. The van der Waals surface area contributed by atoms with Crippen LogP contribution in [0.1, 0.15) is 40.7 Å². The Balaban J connectivity index is 1.03. The predicted octanol–water partition coefficient (Wildman–Crippen LogP) is 11.7. The van der Waals surface area contributed by atoms with Crippen molar-refractivity contribution in [1.29, 1.82) is 5.26 Å². The largest absolute Gasteiger partial charge is 0.477 e. The second-order valence-corrected chi connectivity index (χ2v) is 13.7. The van der Waals surface area contributed by atoms with Crippen LogP contribution >= 0.6 is 0 Å². The highest BCUT2D eigenvalue weighted by Crippen LogP contribution is 2.47. The van der Waals surface area contributed by atoms with Gasteiger partial charge in [0.25, 0.3) is 0 Å². The Kier molecular flexibility index (Phi) is 8.06. The minimum atomic E-state index is -1.23. The summed E-state index contributed by atoms with van der Waals surface area (Å²) in [5.41, 5.74) is 17.6. The Labute approximate surface area is 309 Å². The monoisotopic (exact) mass is 685 g/mol. The number of fused-ring (bicyclic) bond motifs is 6. The average molecular weight is 686 g/mol. The number of carbonyl (C=O) groups is 1. The third kappa shape index (κ3) is 5.91. The Bertz CT molecular complexity index is 2500. The predicted molar refractivity (Wildman–Crippen MR) is 214 cm³/mol. The standard InChI is InChI=1S/C48H35N3O2/c49-31-37(48(52)53)24-32-16-18-41(19-17-32)51(40-14-8-3-9-15-40)43-21-23-45-34(28-43)26-36-30-46-35(29-47(36)45)25-33-27-42(20-22-44(33)46)50(38-10-4-1-5-11-38)39-12-6-2-7-13-39/h1-2,4-8,10-24,27-30H,3,9,25-26H2,(H,52,53)/b37-24+. The van der Waals surface area contributed by atoms with E-state index in [2.05, 4.69) is 137 Å². The summed E-state index contributed by atoms with van der Waals surface area (Å²) in [5.74, 6) is -1.23. The fraction of sp³-hybridized carbons (Fsp3) is 0.0833. The van der Waals surface area contributed by atoms with Crippen LogP contribution in [0.25, 0.3) is 28.3 Å². The first-order valence-corrected chi connectivity index (χ1v) is 18.0. The molecule has 3 aliphatic rings. The molecule has 0 bridgehead atoms. The van der Waals surface area contributed by atoms with Gasteiger partial charge in [-0.25, -0.2) is 4.79 Å². The lowest BCUT2D eigenvalue weighted by Crippen LogP contribution is -2.16. The van der Waals surface area contributed by atoms with Gasteiger partial charge in [-0.15, -0.1) is 0 Å². The zero-order chi connectivity index (χ0) is 35.9. The minimum Gasteiger partial charge on any atom is -0.477 e. The number of aliphatic carboxylic acids is 1. The molecule has 6 aromatic carbocycles. The summed E-state index contributed by atoms with van der Waals surface area (Å²) in [7, 11) is 0. The van der Waals surface area contributed by atoms with E-state index in [1.54, 1.807) is 6.07 Å². The van der Waals surface area contributed by atoms with Crippen molar-refractivity contribution < 1.29 is 9.90 Å². The third-order valence-corrected chi connectivity index (χ3v) is 10.4. The first-order valence-electron chi connectivity index (χ1n) is 18.0. The Hall–Kier alpha value is -6.90. The van der Waals surface area contributed by atoms with Crippen LogP contribution in [0.4, 0.5) is 28.4 Å². The number of anilines is 5. The first kappa shape index (κ1) is 32.0. The highest BCUT2D eigenvalue weighted by atomic mass is 16.4. The van der Waals surface area contributed by atoms with Crippen LogP contribution < -0.4 is 9.80 Å². The van der Waals surface area contributed by atoms with E-state index in [9.17, 15) is 15.2 Å². The van der Waals surface area contributed by atoms with E-state index in [0.717, 1.165) is 59.8 Å². The fourth-order valence-corrected chi connectivity index (χ4v) is 7.99. The number of allylic oxidation sites excluding steroid dienone is 3. The number of nitriles is 1. The molecule has 0 spiro atoms. The highest BCUT2D eigenvalue weighted by molar-refractivity contribution is 5.96. The topological polar surface area (TPSA) is 67.6 Å². The van der Waals surface area contributed by atoms with Gasteiger partial charge in [0, 0.05) is 34.1 Å². The van der Waals surface area contributed by atoms with Gasteiger partial charge in [-0.2, -0.15) is 5.26 Å². The Morgan fingerprint density at radius 2 is 1.09 bits per heavy atom. The van der Waals surface area contributed by atoms with E-state index in [1.165, 1.54) is 50.6 Å². The summed E-state index contributed by atoms with van der Waals surface area (Å²) in [6.07, 6.45) is 11.8. The quantitative estimate of drug-likeness (QED) is 0.127. The molecule has 0 aliphatic heterocycles. The molecule has 0 radical (unpaired) electrons. The summed E-state index contributed by atoms with van der Waals surface area (Å²) in [5, 5.41) is 18.5. The second kappa shape index (κ2) is 13.3. The molecule has 0 heterocycles. The molecule has 0 fully saturated rings. The van der Waals surface area contributed by atoms with Gasteiger partial charge in [0.2, 0.25) is 0 Å². The van der Waals surface area contributed by atoms with Crippen LogP contribution in [0.2, 0.25) is 0 Å². The number of benzene rings is 6. The van der Waals surface area contributed by atoms with Crippen molar-refractivity contribution in [1.82, 2.24) is 0 Å². The van der Waals surface area contributed by atoms with E-state index >= 15 is 0 Å². The molecule has 53 heavy (non-hydrogen) atoms. The average Bonchev–Trinajstić information content (AvgIpc) is 3.74. The molecule has 0 saturated carbocycles. The van der Waals surface area contributed by atoms with Crippen molar-refractivity contribution in [2.24, 2.45) is 0 Å². The molecule has 0 aromatic heterocycles. The fourth-order valence-electron chi connectivity index (χ4n) is 7.99. The second-order valence-electron chi connectivity index (χ2n) is 13.7. The summed E-state index contributed by atoms with van der Waals surface area (Å²) in [6.45, 7) is 0. The van der Waals surface area contributed by atoms with Crippen molar-refractivity contribution in [2.45, 2.75) is 25.7 Å². The van der Waals surface area contributed by atoms with Crippen molar-refractivity contribution in [3.05, 3.63) is 191 Å². The van der Waals surface area contributed by atoms with Gasteiger partial charge in [0.05, 0.1) is 0 Å². The lowest BCUT2D eigenvalue weighted by atomic mass is 9.98. The number of para-hydroxylation sites is 2. The molecular formula is C48H35N3O2. The molecule has 9 rings (SSSR count). The van der Waals surface area contributed by atoms with E-state index in [-0.39, 0.29) is 5.57 Å². The van der Waals surface area contributed by atoms with Crippen LogP contribution in [0.5, 0.6) is 0 Å². The molecular weight excluding hydrogens is 651 g/mol. The van der Waals surface area contributed by atoms with Gasteiger partial charge < -0.3 is 14.9 Å². The number of hydrogen-bond acceptors (Lipinski definition) is 4. The highest BCUT2D eigenvalue weighted by Gasteiger charge is 2.27. The number of rotatable bonds is 8. The first-order chi connectivity index (χ1) is 26.0. The number of nitrogens with zero attached hydrogens (tertiary/aromatic N) is 3. The minimum absolute atomic E-state index is 0.289. The van der Waals surface area contributed by atoms with Crippen molar-refractivity contribution in [2.75, 3.05) is 9.80 Å². The molecule has 254 valence electrons. The van der Waals surface area contributed by atoms with Gasteiger partial charge >= 0.3 is 5.97 Å². The summed E-state index contributed by atoms with van der Waals surface area (Å²) >= 11 is 0. The molecule has 6 aromatic rings. The smallest absolute Gasteiger partial charge is 0.346 e. The van der Waals surface area contributed by atoms with E-state index in [4.69, 9.17) is 0 Å². The van der Waals surface area contributed by atoms with Gasteiger partial charge in [0.15, 0.2) is 0 Å². The van der Waals surface area contributed by atoms with E-state index in [0.29, 0.717) is 5.56 Å². The van der Waals surface area contributed by atoms with E-state index < -0.39 is 5.97 Å². The van der Waals surface area contributed by atoms with Crippen LogP contribution in [0, 0.1) is 11.3 Å². The molecule has 0 atom stereocenters. The van der Waals surface area contributed by atoms with E-state index in [1.807, 2.05) is 24.3 Å². The zero-order valence-electron chi connectivity index (χ0n) is 29.0. The summed E-state index contributed by atoms with van der Waals surface area (Å²) in [6, 6.07) is 49.1. The van der Waals surface area contributed by atoms with Crippen LogP contribution in [0.15, 0.2) is 163 Å². The number of carboxylic acids is 1. The Morgan fingerprint density at radius 3 is 1.60 bits per heavy atom. The molecule has 5 nitrogen and oxygen atoms in total. The third-order valence-electron chi connectivity index (χ3n) is 10.4. The van der Waals surface area contributed by atoms with Gasteiger partial charge in [-0.1, -0.05) is 72.8 Å². The van der Waals surface area contributed by atoms with Gasteiger partial charge in [0.1, 0.15) is 11.6 Å². The molecule has 0 saturated heterocycles. The van der Waals surface area contributed by atoms with Gasteiger partial charge in [-0.05, 0) is 161 Å². The maximum atomic E-state index is 11.4. The van der Waals surface area contributed by atoms with Crippen molar-refractivity contribution in [3.8, 4) is 28.3 Å². The lowest BCUT2D eigenvalue weighted by Gasteiger charge is -2.28. The van der Waals surface area contributed by atoms with Crippen LogP contribution in [0.3, 0.4) is 0 Å². The maximum Gasteiger partial charge on any atom is 0.346 e. The molecule has 5 heteroatoms. The molecule has 0 amide bonds. The molecule has 3 aliphatic carbocycles. The summed E-state index contributed by atoms with van der Waals surface area (Å²) in [4.78, 5) is 16.0. The lowest BCUT2D eigenvalue weighted by molar-refractivity contribution is -0.132. The molecule has 0 unspecified atom stereocenters. The summed E-state index contributed by atoms with van der Waals surface area (Å²) < 4.78 is 0. The normalized spacial score (nSPS) is 13.6.